The van der Waals surface area contributed by atoms with Crippen LogP contribution in [0.5, 0.6) is 0 Å². The minimum atomic E-state index is -0.824. The molecule has 5 nitrogen and oxygen atoms in total. The smallest absolute Gasteiger partial charge is 0.313 e. The maximum atomic E-state index is 10.5. The highest BCUT2D eigenvalue weighted by Crippen LogP contribution is 2.27. The lowest BCUT2D eigenvalue weighted by atomic mass is 10.0. The molecule has 1 N–H and O–H groups in total. The molecule has 6 heteroatoms. The lowest BCUT2D eigenvalue weighted by Crippen LogP contribution is -2.01. The van der Waals surface area contributed by atoms with Gasteiger partial charge in [0.25, 0.3) is 0 Å². The molecule has 1 saturated carbocycles. The van der Waals surface area contributed by atoms with Crippen LogP contribution in [0.1, 0.15) is 31.5 Å². The van der Waals surface area contributed by atoms with Crippen LogP contribution >= 0.6 is 11.8 Å². The van der Waals surface area contributed by atoms with Crippen molar-refractivity contribution in [2.75, 3.05) is 5.75 Å². The largest absolute Gasteiger partial charge is 0.481 e. The van der Waals surface area contributed by atoms with Crippen LogP contribution in [0.2, 0.25) is 0 Å². The molecule has 0 bridgehead atoms. The monoisotopic (exact) mass is 255 g/mol. The zero-order valence-corrected chi connectivity index (χ0v) is 10.7. The van der Waals surface area contributed by atoms with E-state index in [2.05, 4.69) is 10.1 Å². The summed E-state index contributed by atoms with van der Waals surface area (Å²) >= 11 is 1.22. The van der Waals surface area contributed by atoms with E-state index in [1.165, 1.54) is 37.4 Å². The second-order valence-corrected chi connectivity index (χ2v) is 5.41. The summed E-state index contributed by atoms with van der Waals surface area (Å²) in [6, 6.07) is 0. The Morgan fingerprint density at radius 3 is 2.88 bits per heavy atom. The van der Waals surface area contributed by atoms with Crippen LogP contribution in [-0.2, 0) is 18.3 Å². The van der Waals surface area contributed by atoms with E-state index in [1.54, 1.807) is 4.68 Å². The van der Waals surface area contributed by atoms with Gasteiger partial charge in [0.1, 0.15) is 0 Å². The molecule has 1 heterocycles. The standard InChI is InChI=1S/C11H17N3O2S/c1-14-11(17-7-10(15)16)12-9(13-14)6-8-4-2-3-5-8/h8H,2-7H2,1H3,(H,15,16). The van der Waals surface area contributed by atoms with E-state index in [0.717, 1.165) is 18.2 Å². The van der Waals surface area contributed by atoms with Gasteiger partial charge in [0.15, 0.2) is 11.0 Å². The normalized spacial score (nSPS) is 16.5. The molecule has 1 fully saturated rings. The van der Waals surface area contributed by atoms with Crippen LogP contribution in [0.3, 0.4) is 0 Å². The SMILES string of the molecule is Cn1nc(CC2CCCC2)nc1SCC(=O)O. The third kappa shape index (κ3) is 3.46. The molecular formula is C11H17N3O2S. The summed E-state index contributed by atoms with van der Waals surface area (Å²) < 4.78 is 1.68. The maximum absolute atomic E-state index is 10.5. The summed E-state index contributed by atoms with van der Waals surface area (Å²) in [5, 5.41) is 13.7. The molecule has 1 aromatic heterocycles. The molecule has 1 aliphatic rings. The highest BCUT2D eigenvalue weighted by molar-refractivity contribution is 7.99. The lowest BCUT2D eigenvalue weighted by Gasteiger charge is -2.03. The number of hydrogen-bond acceptors (Lipinski definition) is 4. The first kappa shape index (κ1) is 12.4. The van der Waals surface area contributed by atoms with E-state index >= 15 is 0 Å². The Kier molecular flexibility index (Phi) is 4.04. The van der Waals surface area contributed by atoms with E-state index in [9.17, 15) is 4.79 Å². The van der Waals surface area contributed by atoms with Crippen molar-refractivity contribution in [1.29, 1.82) is 0 Å². The first-order chi connectivity index (χ1) is 8.15. The topological polar surface area (TPSA) is 68.0 Å². The van der Waals surface area contributed by atoms with Crippen molar-refractivity contribution < 1.29 is 9.90 Å². The lowest BCUT2D eigenvalue weighted by molar-refractivity contribution is -0.133. The second kappa shape index (κ2) is 5.53. The Hall–Kier alpha value is -1.04. The van der Waals surface area contributed by atoms with E-state index in [1.807, 2.05) is 7.05 Å². The Labute approximate surface area is 105 Å². The minimum absolute atomic E-state index is 0.0371. The van der Waals surface area contributed by atoms with Crippen LogP contribution < -0.4 is 0 Å². The van der Waals surface area contributed by atoms with Crippen molar-refractivity contribution in [3.63, 3.8) is 0 Å². The number of thioether (sulfide) groups is 1. The molecule has 94 valence electrons. The molecule has 0 unspecified atom stereocenters. The second-order valence-electron chi connectivity index (χ2n) is 4.47. The predicted molar refractivity (Wildman–Crippen MR) is 65.0 cm³/mol. The number of aryl methyl sites for hydroxylation is 1. The van der Waals surface area contributed by atoms with Crippen LogP contribution in [0.15, 0.2) is 5.16 Å². The summed E-state index contributed by atoms with van der Waals surface area (Å²) in [6.07, 6.45) is 6.11. The molecule has 0 atom stereocenters. The van der Waals surface area contributed by atoms with Crippen LogP contribution in [0, 0.1) is 5.92 Å². The number of hydrogen-bond donors (Lipinski definition) is 1. The third-order valence-electron chi connectivity index (χ3n) is 3.04. The number of carboxylic acids is 1. The van der Waals surface area contributed by atoms with E-state index in [4.69, 9.17) is 5.11 Å². The van der Waals surface area contributed by atoms with Gasteiger partial charge in [-0.3, -0.25) is 4.79 Å². The molecule has 0 spiro atoms. The summed E-state index contributed by atoms with van der Waals surface area (Å²) in [6.45, 7) is 0. The first-order valence-electron chi connectivity index (χ1n) is 5.89. The molecule has 0 radical (unpaired) electrons. The van der Waals surface area contributed by atoms with Crippen molar-refractivity contribution in [2.24, 2.45) is 13.0 Å². The van der Waals surface area contributed by atoms with Gasteiger partial charge < -0.3 is 5.11 Å². The number of aliphatic carboxylic acids is 1. The van der Waals surface area contributed by atoms with Crippen molar-refractivity contribution in [1.82, 2.24) is 14.8 Å². The fourth-order valence-corrected chi connectivity index (χ4v) is 2.88. The molecule has 17 heavy (non-hydrogen) atoms. The van der Waals surface area contributed by atoms with Gasteiger partial charge in [-0.15, -0.1) is 0 Å². The molecule has 0 aromatic carbocycles. The summed E-state index contributed by atoms with van der Waals surface area (Å²) in [4.78, 5) is 14.9. The van der Waals surface area contributed by atoms with Crippen molar-refractivity contribution >= 4 is 17.7 Å². The van der Waals surface area contributed by atoms with Gasteiger partial charge in [-0.1, -0.05) is 37.4 Å². The van der Waals surface area contributed by atoms with E-state index < -0.39 is 5.97 Å². The fraction of sp³-hybridized carbons (Fsp3) is 0.727. The number of aromatic nitrogens is 3. The third-order valence-corrected chi connectivity index (χ3v) is 4.04. The molecule has 2 rings (SSSR count). The summed E-state index contributed by atoms with van der Waals surface area (Å²) in [5.74, 6) is 0.785. The van der Waals surface area contributed by atoms with Crippen LogP contribution in [0.4, 0.5) is 0 Å². The van der Waals surface area contributed by atoms with Crippen molar-refractivity contribution in [2.45, 2.75) is 37.3 Å². The van der Waals surface area contributed by atoms with Gasteiger partial charge in [0, 0.05) is 13.5 Å². The molecule has 1 aromatic rings. The molecular weight excluding hydrogens is 238 g/mol. The predicted octanol–water partition coefficient (Wildman–Crippen LogP) is 1.72. The van der Waals surface area contributed by atoms with Gasteiger partial charge >= 0.3 is 5.97 Å². The zero-order valence-electron chi connectivity index (χ0n) is 9.93. The molecule has 0 amide bonds. The summed E-state index contributed by atoms with van der Waals surface area (Å²) in [5.41, 5.74) is 0. The van der Waals surface area contributed by atoms with Crippen molar-refractivity contribution in [3.8, 4) is 0 Å². The fourth-order valence-electron chi connectivity index (χ4n) is 2.23. The molecule has 1 aliphatic carbocycles. The van der Waals surface area contributed by atoms with E-state index in [0.29, 0.717) is 5.16 Å². The van der Waals surface area contributed by atoms with Crippen LogP contribution in [0.25, 0.3) is 0 Å². The Balaban J connectivity index is 1.94. The number of carbonyl (C=O) groups is 1. The van der Waals surface area contributed by atoms with E-state index in [-0.39, 0.29) is 5.75 Å². The van der Waals surface area contributed by atoms with Crippen molar-refractivity contribution in [3.05, 3.63) is 5.82 Å². The Morgan fingerprint density at radius 2 is 2.24 bits per heavy atom. The number of rotatable bonds is 5. The molecule has 0 aliphatic heterocycles. The average molecular weight is 255 g/mol. The number of carboxylic acid groups (broad SMARTS) is 1. The van der Waals surface area contributed by atoms with Crippen LogP contribution in [-0.4, -0.2) is 31.6 Å². The minimum Gasteiger partial charge on any atom is -0.481 e. The first-order valence-corrected chi connectivity index (χ1v) is 6.88. The quantitative estimate of drug-likeness (QED) is 0.811. The zero-order chi connectivity index (χ0) is 12.3. The van der Waals surface area contributed by atoms with Gasteiger partial charge in [-0.05, 0) is 5.92 Å². The molecule has 0 saturated heterocycles. The van der Waals surface area contributed by atoms with Gasteiger partial charge in [0.2, 0.25) is 0 Å². The maximum Gasteiger partial charge on any atom is 0.313 e. The average Bonchev–Trinajstić information content (AvgIpc) is 2.86. The van der Waals surface area contributed by atoms with Gasteiger partial charge in [-0.25, -0.2) is 9.67 Å². The highest BCUT2D eigenvalue weighted by Gasteiger charge is 2.18. The van der Waals surface area contributed by atoms with Gasteiger partial charge in [0.05, 0.1) is 5.75 Å². The summed E-state index contributed by atoms with van der Waals surface area (Å²) in [7, 11) is 1.81. The number of nitrogens with zero attached hydrogens (tertiary/aromatic N) is 3. The Morgan fingerprint density at radius 1 is 1.53 bits per heavy atom. The Bertz CT molecular complexity index is 399. The van der Waals surface area contributed by atoms with Gasteiger partial charge in [-0.2, -0.15) is 5.10 Å². The highest BCUT2D eigenvalue weighted by atomic mass is 32.2.